The molecule has 0 saturated carbocycles. The summed E-state index contributed by atoms with van der Waals surface area (Å²) in [4.78, 5) is 3.99. The molecule has 0 spiro atoms. The van der Waals surface area contributed by atoms with Gasteiger partial charge >= 0.3 is 0 Å². The molecule has 0 aliphatic carbocycles. The van der Waals surface area contributed by atoms with Crippen molar-refractivity contribution >= 4 is 10.0 Å². The lowest BCUT2D eigenvalue weighted by molar-refractivity contribution is 0.427. The van der Waals surface area contributed by atoms with E-state index in [1.54, 1.807) is 27.1 Å². The van der Waals surface area contributed by atoms with Gasteiger partial charge in [-0.3, -0.25) is 0 Å². The first-order chi connectivity index (χ1) is 7.94. The lowest BCUT2D eigenvalue weighted by Crippen LogP contribution is -2.30. The molecule has 0 aromatic carbocycles. The Labute approximate surface area is 102 Å². The highest BCUT2D eigenvalue weighted by Gasteiger charge is 2.18. The van der Waals surface area contributed by atoms with Gasteiger partial charge in [0.15, 0.2) is 0 Å². The summed E-state index contributed by atoms with van der Waals surface area (Å²) in [7, 11) is -1.49. The molecule has 0 amide bonds. The van der Waals surface area contributed by atoms with Crippen molar-refractivity contribution in [1.29, 1.82) is 0 Å². The number of sulfonamides is 1. The monoisotopic (exact) mass is 261 g/mol. The average molecular weight is 261 g/mol. The molecular formula is C10H19N3O3S. The Bertz CT molecular complexity index is 441. The third kappa shape index (κ3) is 4.84. The minimum atomic E-state index is -3.28. The van der Waals surface area contributed by atoms with E-state index in [1.807, 2.05) is 0 Å². The SMILES string of the molecule is CNCCCS(=O)(=O)NC(C)c1ncc(C)o1. The third-order valence-electron chi connectivity index (χ3n) is 2.21. The number of nitrogens with one attached hydrogen (secondary N) is 2. The molecule has 1 rings (SSSR count). The second-order valence-electron chi connectivity index (χ2n) is 3.92. The normalized spacial score (nSPS) is 13.8. The van der Waals surface area contributed by atoms with E-state index in [4.69, 9.17) is 4.42 Å². The number of hydrogen-bond donors (Lipinski definition) is 2. The van der Waals surface area contributed by atoms with Crippen LogP contribution in [0.25, 0.3) is 0 Å². The number of hydrogen-bond acceptors (Lipinski definition) is 5. The fraction of sp³-hybridized carbons (Fsp3) is 0.700. The Balaban J connectivity index is 2.52. The van der Waals surface area contributed by atoms with Crippen molar-refractivity contribution in [2.75, 3.05) is 19.3 Å². The maximum Gasteiger partial charge on any atom is 0.212 e. The summed E-state index contributed by atoms with van der Waals surface area (Å²) < 4.78 is 31.2. The highest BCUT2D eigenvalue weighted by atomic mass is 32.2. The van der Waals surface area contributed by atoms with E-state index in [0.717, 1.165) is 0 Å². The fourth-order valence-corrected chi connectivity index (χ4v) is 2.67. The van der Waals surface area contributed by atoms with Crippen LogP contribution in [0.15, 0.2) is 10.6 Å². The van der Waals surface area contributed by atoms with Gasteiger partial charge in [0.2, 0.25) is 15.9 Å². The highest BCUT2D eigenvalue weighted by molar-refractivity contribution is 7.89. The molecule has 1 atom stereocenters. The lowest BCUT2D eigenvalue weighted by atomic mass is 10.4. The van der Waals surface area contributed by atoms with E-state index in [2.05, 4.69) is 15.0 Å². The van der Waals surface area contributed by atoms with Crippen LogP contribution in [0.3, 0.4) is 0 Å². The van der Waals surface area contributed by atoms with Crippen LogP contribution in [0, 0.1) is 6.92 Å². The molecule has 2 N–H and O–H groups in total. The molecule has 1 aromatic heterocycles. The molecule has 0 aliphatic heterocycles. The first-order valence-electron chi connectivity index (χ1n) is 5.51. The molecule has 0 bridgehead atoms. The van der Waals surface area contributed by atoms with E-state index in [-0.39, 0.29) is 5.75 Å². The summed E-state index contributed by atoms with van der Waals surface area (Å²) in [6, 6.07) is -0.441. The van der Waals surface area contributed by atoms with Crippen molar-refractivity contribution in [3.63, 3.8) is 0 Å². The van der Waals surface area contributed by atoms with Crippen molar-refractivity contribution < 1.29 is 12.8 Å². The molecule has 0 fully saturated rings. The van der Waals surface area contributed by atoms with E-state index >= 15 is 0 Å². The van der Waals surface area contributed by atoms with Crippen molar-refractivity contribution in [2.24, 2.45) is 0 Å². The van der Waals surface area contributed by atoms with Gasteiger partial charge in [0.25, 0.3) is 0 Å². The van der Waals surface area contributed by atoms with E-state index in [0.29, 0.717) is 24.6 Å². The zero-order valence-electron chi connectivity index (χ0n) is 10.4. The number of aromatic nitrogens is 1. The van der Waals surface area contributed by atoms with Crippen LogP contribution in [0.4, 0.5) is 0 Å². The van der Waals surface area contributed by atoms with Crippen LogP contribution in [0.5, 0.6) is 0 Å². The average Bonchev–Trinajstić information content (AvgIpc) is 2.64. The van der Waals surface area contributed by atoms with Gasteiger partial charge in [0.1, 0.15) is 5.76 Å². The van der Waals surface area contributed by atoms with Crippen molar-refractivity contribution in [1.82, 2.24) is 15.0 Å². The predicted molar refractivity (Wildman–Crippen MR) is 65.1 cm³/mol. The van der Waals surface area contributed by atoms with Gasteiger partial charge < -0.3 is 9.73 Å². The quantitative estimate of drug-likeness (QED) is 0.701. The largest absolute Gasteiger partial charge is 0.444 e. The maximum atomic E-state index is 11.7. The van der Waals surface area contributed by atoms with Gasteiger partial charge in [0.05, 0.1) is 18.0 Å². The molecule has 98 valence electrons. The molecule has 1 aromatic rings. The van der Waals surface area contributed by atoms with Crippen LogP contribution in [-0.2, 0) is 10.0 Å². The standard InChI is InChI=1S/C10H19N3O3S/c1-8-7-12-10(16-8)9(2)13-17(14,15)6-4-5-11-3/h7,9,11,13H,4-6H2,1-3H3. The van der Waals surface area contributed by atoms with E-state index in [1.165, 1.54) is 0 Å². The minimum absolute atomic E-state index is 0.0951. The Kier molecular flexibility index (Phi) is 5.10. The summed E-state index contributed by atoms with van der Waals surface area (Å²) in [5, 5.41) is 2.91. The Morgan fingerprint density at radius 1 is 1.53 bits per heavy atom. The molecule has 6 nitrogen and oxygen atoms in total. The van der Waals surface area contributed by atoms with Gasteiger partial charge in [-0.25, -0.2) is 18.1 Å². The summed E-state index contributed by atoms with van der Waals surface area (Å²) in [5.74, 6) is 1.15. The van der Waals surface area contributed by atoms with Crippen LogP contribution < -0.4 is 10.0 Å². The van der Waals surface area contributed by atoms with Crippen molar-refractivity contribution in [2.45, 2.75) is 26.3 Å². The maximum absolute atomic E-state index is 11.7. The zero-order valence-corrected chi connectivity index (χ0v) is 11.2. The van der Waals surface area contributed by atoms with Crippen molar-refractivity contribution in [3.05, 3.63) is 17.8 Å². The summed E-state index contributed by atoms with van der Waals surface area (Å²) in [6.45, 7) is 4.15. The van der Waals surface area contributed by atoms with Crippen LogP contribution in [0.1, 0.15) is 31.0 Å². The molecule has 0 aliphatic rings. The molecular weight excluding hydrogens is 242 g/mol. The highest BCUT2D eigenvalue weighted by Crippen LogP contribution is 2.13. The van der Waals surface area contributed by atoms with Gasteiger partial charge in [-0.15, -0.1) is 0 Å². The second kappa shape index (κ2) is 6.13. The second-order valence-corrected chi connectivity index (χ2v) is 5.80. The lowest BCUT2D eigenvalue weighted by Gasteiger charge is -2.10. The topological polar surface area (TPSA) is 84.2 Å². The van der Waals surface area contributed by atoms with Gasteiger partial charge in [-0.2, -0.15) is 0 Å². The fourth-order valence-electron chi connectivity index (χ4n) is 1.39. The molecule has 17 heavy (non-hydrogen) atoms. The van der Waals surface area contributed by atoms with Crippen LogP contribution >= 0.6 is 0 Å². The summed E-state index contributed by atoms with van der Waals surface area (Å²) >= 11 is 0. The van der Waals surface area contributed by atoms with E-state index < -0.39 is 16.1 Å². The zero-order chi connectivity index (χ0) is 12.9. The van der Waals surface area contributed by atoms with E-state index in [9.17, 15) is 8.42 Å². The van der Waals surface area contributed by atoms with Crippen molar-refractivity contribution in [3.8, 4) is 0 Å². The minimum Gasteiger partial charge on any atom is -0.444 e. The van der Waals surface area contributed by atoms with Crippen LogP contribution in [-0.4, -0.2) is 32.7 Å². The molecule has 0 radical (unpaired) electrons. The number of aryl methyl sites for hydroxylation is 1. The summed E-state index contributed by atoms with van der Waals surface area (Å²) in [6.07, 6.45) is 2.14. The number of nitrogens with zero attached hydrogens (tertiary/aromatic N) is 1. The Morgan fingerprint density at radius 2 is 2.24 bits per heavy atom. The third-order valence-corrected chi connectivity index (χ3v) is 3.74. The first kappa shape index (κ1) is 14.1. The van der Waals surface area contributed by atoms with Crippen LogP contribution in [0.2, 0.25) is 0 Å². The Hall–Kier alpha value is -0.920. The molecule has 0 saturated heterocycles. The Morgan fingerprint density at radius 3 is 2.76 bits per heavy atom. The molecule has 7 heteroatoms. The number of rotatable bonds is 7. The molecule has 1 heterocycles. The van der Waals surface area contributed by atoms with Gasteiger partial charge in [-0.1, -0.05) is 0 Å². The summed E-state index contributed by atoms with van der Waals surface area (Å²) in [5.41, 5.74) is 0. The predicted octanol–water partition coefficient (Wildman–Crippen LogP) is 0.573. The van der Waals surface area contributed by atoms with Gasteiger partial charge in [0, 0.05) is 0 Å². The number of oxazole rings is 1. The molecule has 1 unspecified atom stereocenters. The van der Waals surface area contributed by atoms with Gasteiger partial charge in [-0.05, 0) is 33.9 Å². The smallest absolute Gasteiger partial charge is 0.212 e. The first-order valence-corrected chi connectivity index (χ1v) is 7.17.